The number of hydrogen-bond donors (Lipinski definition) is 2. The Bertz CT molecular complexity index is 834. The van der Waals surface area contributed by atoms with E-state index in [4.69, 9.17) is 11.6 Å². The molecule has 144 valence electrons. The Morgan fingerprint density at radius 2 is 1.70 bits per heavy atom. The van der Waals surface area contributed by atoms with Gasteiger partial charge in [-0.2, -0.15) is 13.2 Å². The molecule has 2 aromatic rings. The van der Waals surface area contributed by atoms with Gasteiger partial charge in [0.2, 0.25) is 5.91 Å². The number of amides is 2. The summed E-state index contributed by atoms with van der Waals surface area (Å²) in [6, 6.07) is 8.76. The minimum absolute atomic E-state index is 0.0501. The van der Waals surface area contributed by atoms with Crippen LogP contribution >= 0.6 is 11.6 Å². The molecule has 0 radical (unpaired) electrons. The van der Waals surface area contributed by atoms with Crippen molar-refractivity contribution in [3.8, 4) is 0 Å². The zero-order chi connectivity index (χ0) is 20.2. The van der Waals surface area contributed by atoms with Crippen molar-refractivity contribution in [2.24, 2.45) is 0 Å². The summed E-state index contributed by atoms with van der Waals surface area (Å²) in [5.41, 5.74) is 0.229. The van der Waals surface area contributed by atoms with Crippen molar-refractivity contribution in [3.05, 3.63) is 64.2 Å². The lowest BCUT2D eigenvalue weighted by Gasteiger charge is -2.12. The zero-order valence-electron chi connectivity index (χ0n) is 14.7. The van der Waals surface area contributed by atoms with E-state index in [9.17, 15) is 22.8 Å². The first-order valence-electron chi connectivity index (χ1n) is 8.12. The molecule has 2 rings (SSSR count). The Balaban J connectivity index is 2.08. The second-order valence-electron chi connectivity index (χ2n) is 6.24. The van der Waals surface area contributed by atoms with Crippen molar-refractivity contribution < 1.29 is 22.8 Å². The van der Waals surface area contributed by atoms with Crippen LogP contribution in [0.1, 0.15) is 35.3 Å². The number of rotatable bonds is 5. The molecule has 8 heteroatoms. The Labute approximate surface area is 159 Å². The molecule has 0 unspecified atom stereocenters. The van der Waals surface area contributed by atoms with Gasteiger partial charge in [-0.25, -0.2) is 0 Å². The summed E-state index contributed by atoms with van der Waals surface area (Å²) in [6.45, 7) is 3.64. The van der Waals surface area contributed by atoms with Gasteiger partial charge in [-0.15, -0.1) is 0 Å². The molecule has 0 heterocycles. The maximum atomic E-state index is 12.6. The SMILES string of the molecule is CC(C)NC(=O)c1ccc(Cl)c(NC(=O)Cc2ccc(C(F)(F)F)cc2)c1. The highest BCUT2D eigenvalue weighted by Gasteiger charge is 2.30. The van der Waals surface area contributed by atoms with Gasteiger partial charge in [0.25, 0.3) is 5.91 Å². The highest BCUT2D eigenvalue weighted by Crippen LogP contribution is 2.29. The maximum absolute atomic E-state index is 12.6. The van der Waals surface area contributed by atoms with Crippen LogP contribution in [0.25, 0.3) is 0 Å². The van der Waals surface area contributed by atoms with Gasteiger partial charge in [0, 0.05) is 11.6 Å². The third-order valence-corrected chi connectivity index (χ3v) is 3.90. The molecule has 2 aromatic carbocycles. The van der Waals surface area contributed by atoms with E-state index in [-0.39, 0.29) is 29.1 Å². The summed E-state index contributed by atoms with van der Waals surface area (Å²) in [5, 5.41) is 5.56. The second-order valence-corrected chi connectivity index (χ2v) is 6.65. The standard InChI is InChI=1S/C19H18ClF3N2O2/c1-11(2)24-18(27)13-5-8-15(20)16(10-13)25-17(26)9-12-3-6-14(7-4-12)19(21,22)23/h3-8,10-11H,9H2,1-2H3,(H,24,27)(H,25,26). The summed E-state index contributed by atoms with van der Waals surface area (Å²) in [7, 11) is 0. The van der Waals surface area contributed by atoms with Crippen molar-refractivity contribution in [1.29, 1.82) is 0 Å². The Morgan fingerprint density at radius 1 is 1.07 bits per heavy atom. The number of carbonyl (C=O) groups excluding carboxylic acids is 2. The van der Waals surface area contributed by atoms with Gasteiger partial charge >= 0.3 is 6.18 Å². The average molecular weight is 399 g/mol. The first kappa shape index (κ1) is 20.8. The van der Waals surface area contributed by atoms with E-state index in [1.807, 2.05) is 13.8 Å². The number of hydrogen-bond acceptors (Lipinski definition) is 2. The molecule has 2 N–H and O–H groups in total. The normalized spacial score (nSPS) is 11.4. The fraction of sp³-hybridized carbons (Fsp3) is 0.263. The number of alkyl halides is 3. The minimum atomic E-state index is -4.43. The summed E-state index contributed by atoms with van der Waals surface area (Å²) in [5.74, 6) is -0.766. The molecule has 27 heavy (non-hydrogen) atoms. The summed E-state index contributed by atoms with van der Waals surface area (Å²) in [6.07, 6.45) is -4.55. The fourth-order valence-electron chi connectivity index (χ4n) is 2.30. The van der Waals surface area contributed by atoms with Gasteiger partial charge in [-0.1, -0.05) is 23.7 Å². The van der Waals surface area contributed by atoms with E-state index in [1.165, 1.54) is 30.3 Å². The number of benzene rings is 2. The van der Waals surface area contributed by atoms with Gasteiger partial charge in [-0.05, 0) is 49.7 Å². The molecule has 0 saturated carbocycles. The van der Waals surface area contributed by atoms with Gasteiger partial charge in [-0.3, -0.25) is 9.59 Å². The first-order valence-corrected chi connectivity index (χ1v) is 8.50. The summed E-state index contributed by atoms with van der Waals surface area (Å²) < 4.78 is 37.7. The predicted octanol–water partition coefficient (Wildman–Crippen LogP) is 4.68. The van der Waals surface area contributed by atoms with Crippen LogP contribution in [0.4, 0.5) is 18.9 Å². The van der Waals surface area contributed by atoms with E-state index in [0.717, 1.165) is 12.1 Å². The van der Waals surface area contributed by atoms with Gasteiger partial charge in [0.05, 0.1) is 22.7 Å². The molecule has 0 aliphatic heterocycles. The van der Waals surface area contributed by atoms with E-state index < -0.39 is 17.6 Å². The van der Waals surface area contributed by atoms with Crippen LogP contribution in [0.2, 0.25) is 5.02 Å². The molecule has 0 spiro atoms. The lowest BCUT2D eigenvalue weighted by molar-refractivity contribution is -0.137. The van der Waals surface area contributed by atoms with Crippen LogP contribution in [-0.2, 0) is 17.4 Å². The predicted molar refractivity (Wildman–Crippen MR) is 97.8 cm³/mol. The van der Waals surface area contributed by atoms with Crippen LogP contribution in [0.3, 0.4) is 0 Å². The third-order valence-electron chi connectivity index (χ3n) is 3.57. The van der Waals surface area contributed by atoms with Gasteiger partial charge < -0.3 is 10.6 Å². The Morgan fingerprint density at radius 3 is 2.26 bits per heavy atom. The van der Waals surface area contributed by atoms with E-state index in [1.54, 1.807) is 0 Å². The van der Waals surface area contributed by atoms with Crippen molar-refractivity contribution in [2.75, 3.05) is 5.32 Å². The van der Waals surface area contributed by atoms with Gasteiger partial charge in [0.15, 0.2) is 0 Å². The molecule has 0 atom stereocenters. The molecule has 0 aliphatic carbocycles. The topological polar surface area (TPSA) is 58.2 Å². The average Bonchev–Trinajstić information content (AvgIpc) is 2.55. The van der Waals surface area contributed by atoms with Crippen molar-refractivity contribution in [3.63, 3.8) is 0 Å². The van der Waals surface area contributed by atoms with E-state index in [2.05, 4.69) is 10.6 Å². The quantitative estimate of drug-likeness (QED) is 0.768. The smallest absolute Gasteiger partial charge is 0.350 e. The highest BCUT2D eigenvalue weighted by molar-refractivity contribution is 6.33. The van der Waals surface area contributed by atoms with Crippen molar-refractivity contribution in [2.45, 2.75) is 32.5 Å². The maximum Gasteiger partial charge on any atom is 0.416 e. The highest BCUT2D eigenvalue weighted by atomic mass is 35.5. The molecule has 0 aliphatic rings. The van der Waals surface area contributed by atoms with Crippen LogP contribution < -0.4 is 10.6 Å². The lowest BCUT2D eigenvalue weighted by atomic mass is 10.1. The number of carbonyl (C=O) groups is 2. The largest absolute Gasteiger partial charge is 0.416 e. The van der Waals surface area contributed by atoms with Crippen molar-refractivity contribution >= 4 is 29.1 Å². The van der Waals surface area contributed by atoms with Crippen LogP contribution in [0.15, 0.2) is 42.5 Å². The number of halogens is 4. The third kappa shape index (κ3) is 5.99. The van der Waals surface area contributed by atoms with E-state index >= 15 is 0 Å². The second kappa shape index (κ2) is 8.43. The van der Waals surface area contributed by atoms with Crippen LogP contribution in [0.5, 0.6) is 0 Å². The summed E-state index contributed by atoms with van der Waals surface area (Å²) in [4.78, 5) is 24.2. The Kier molecular flexibility index (Phi) is 6.49. The van der Waals surface area contributed by atoms with Crippen molar-refractivity contribution in [1.82, 2.24) is 5.32 Å². The van der Waals surface area contributed by atoms with Crippen LogP contribution in [-0.4, -0.2) is 17.9 Å². The minimum Gasteiger partial charge on any atom is -0.350 e. The van der Waals surface area contributed by atoms with Gasteiger partial charge in [0.1, 0.15) is 0 Å². The molecule has 0 fully saturated rings. The molecule has 0 bridgehead atoms. The van der Waals surface area contributed by atoms with Crippen LogP contribution in [0, 0.1) is 0 Å². The molecule has 0 aromatic heterocycles. The molecule has 4 nitrogen and oxygen atoms in total. The van der Waals surface area contributed by atoms with E-state index in [0.29, 0.717) is 11.1 Å². The number of nitrogens with one attached hydrogen (secondary N) is 2. The first-order chi connectivity index (χ1) is 12.6. The molecule has 2 amide bonds. The molecular weight excluding hydrogens is 381 g/mol. The fourth-order valence-corrected chi connectivity index (χ4v) is 2.46. The summed E-state index contributed by atoms with van der Waals surface area (Å²) >= 11 is 6.05. The zero-order valence-corrected chi connectivity index (χ0v) is 15.4. The molecule has 0 saturated heterocycles. The Hall–Kier alpha value is -2.54. The monoisotopic (exact) mass is 398 g/mol. The number of anilines is 1. The molecular formula is C19H18ClF3N2O2. The lowest BCUT2D eigenvalue weighted by Crippen LogP contribution is -2.30.